The number of amides is 1. The first-order valence-electron chi connectivity index (χ1n) is 7.72. The first-order chi connectivity index (χ1) is 11.6. The summed E-state index contributed by atoms with van der Waals surface area (Å²) in [7, 11) is 0. The van der Waals surface area contributed by atoms with Gasteiger partial charge >= 0.3 is 5.97 Å². The lowest BCUT2D eigenvalue weighted by atomic mass is 9.83. The monoisotopic (exact) mass is 363 g/mol. The van der Waals surface area contributed by atoms with Crippen LogP contribution in [0.25, 0.3) is 0 Å². The number of halogens is 2. The lowest BCUT2D eigenvalue weighted by molar-refractivity contribution is -0.138. The lowest BCUT2D eigenvalue weighted by Gasteiger charge is -2.25. The van der Waals surface area contributed by atoms with Gasteiger partial charge in [0.05, 0.1) is 11.3 Å². The number of carbonyl (C=O) groups excluding carboxylic acids is 1. The third-order valence-corrected chi connectivity index (χ3v) is 4.42. The molecule has 1 amide bonds. The van der Waals surface area contributed by atoms with Crippen molar-refractivity contribution >= 4 is 29.2 Å². The number of carboxylic acid groups (broad SMARTS) is 1. The van der Waals surface area contributed by atoms with Gasteiger partial charge in [-0.2, -0.15) is 0 Å². The number of aliphatic carboxylic acids is 1. The molecular weight excluding hydrogens is 345 g/mol. The van der Waals surface area contributed by atoms with Crippen LogP contribution in [0.15, 0.2) is 42.5 Å². The van der Waals surface area contributed by atoms with Gasteiger partial charge < -0.3 is 10.4 Å². The largest absolute Gasteiger partial charge is 0.481 e. The first-order valence-corrected chi connectivity index (χ1v) is 8.10. The summed E-state index contributed by atoms with van der Waals surface area (Å²) in [5, 5.41) is 12.1. The fourth-order valence-corrected chi connectivity index (χ4v) is 2.59. The Morgan fingerprint density at radius 3 is 2.48 bits per heavy atom. The molecule has 1 atom stereocenters. The molecule has 0 aliphatic rings. The van der Waals surface area contributed by atoms with Crippen LogP contribution in [0.1, 0.15) is 37.8 Å². The highest BCUT2D eigenvalue weighted by Crippen LogP contribution is 2.29. The van der Waals surface area contributed by atoms with Crippen molar-refractivity contribution in [3.05, 3.63) is 64.4 Å². The van der Waals surface area contributed by atoms with Crippen LogP contribution < -0.4 is 5.32 Å². The van der Waals surface area contributed by atoms with Gasteiger partial charge in [0.1, 0.15) is 5.82 Å². The predicted octanol–water partition coefficient (Wildman–Crippen LogP) is 4.58. The minimum atomic E-state index is -1.14. The molecule has 0 heterocycles. The molecule has 0 bridgehead atoms. The maximum atomic E-state index is 14.2. The number of benzene rings is 2. The molecule has 2 rings (SSSR count). The van der Waals surface area contributed by atoms with Crippen LogP contribution in [0.2, 0.25) is 5.02 Å². The van der Waals surface area contributed by atoms with Gasteiger partial charge in [-0.1, -0.05) is 29.8 Å². The molecule has 132 valence electrons. The minimum Gasteiger partial charge on any atom is -0.481 e. The van der Waals surface area contributed by atoms with E-state index in [4.69, 9.17) is 16.7 Å². The zero-order valence-corrected chi connectivity index (χ0v) is 14.9. The van der Waals surface area contributed by atoms with Crippen LogP contribution >= 0.6 is 11.6 Å². The van der Waals surface area contributed by atoms with Crippen molar-refractivity contribution in [3.63, 3.8) is 0 Å². The van der Waals surface area contributed by atoms with Gasteiger partial charge in [0.25, 0.3) is 0 Å². The van der Waals surface area contributed by atoms with E-state index in [0.29, 0.717) is 11.3 Å². The van der Waals surface area contributed by atoms with Crippen molar-refractivity contribution in [3.8, 4) is 0 Å². The van der Waals surface area contributed by atoms with E-state index >= 15 is 0 Å². The van der Waals surface area contributed by atoms with Crippen LogP contribution in [0.4, 0.5) is 10.1 Å². The lowest BCUT2D eigenvalue weighted by Crippen LogP contribution is -2.35. The van der Waals surface area contributed by atoms with Gasteiger partial charge in [0.15, 0.2) is 0 Å². The second kappa shape index (κ2) is 7.23. The first kappa shape index (κ1) is 18.9. The van der Waals surface area contributed by atoms with Gasteiger partial charge in [-0.3, -0.25) is 9.59 Å². The molecule has 0 radical (unpaired) electrons. The zero-order chi connectivity index (χ0) is 18.8. The van der Waals surface area contributed by atoms with Crippen LogP contribution in [-0.4, -0.2) is 17.0 Å². The van der Waals surface area contributed by atoms with E-state index in [-0.39, 0.29) is 10.6 Å². The van der Waals surface area contributed by atoms with Crippen LogP contribution in [-0.2, 0) is 15.0 Å². The maximum absolute atomic E-state index is 14.2. The third kappa shape index (κ3) is 4.17. The van der Waals surface area contributed by atoms with Crippen molar-refractivity contribution < 1.29 is 19.1 Å². The smallest absolute Gasteiger partial charge is 0.310 e. The SMILES string of the molecule is CC(C(=O)O)c1cccc(NC(=O)C(C)(C)c2ccc(Cl)cc2F)c1. The number of nitrogens with one attached hydrogen (secondary N) is 1. The van der Waals surface area contributed by atoms with E-state index in [1.807, 2.05) is 0 Å². The van der Waals surface area contributed by atoms with Gasteiger partial charge in [0.2, 0.25) is 5.91 Å². The van der Waals surface area contributed by atoms with E-state index in [9.17, 15) is 14.0 Å². The Morgan fingerprint density at radius 2 is 1.88 bits per heavy atom. The number of hydrogen-bond donors (Lipinski definition) is 2. The fourth-order valence-electron chi connectivity index (χ4n) is 2.43. The average Bonchev–Trinajstić information content (AvgIpc) is 2.53. The standard InChI is InChI=1S/C19H19ClFNO3/c1-11(17(23)24)12-5-4-6-14(9-12)22-18(25)19(2,3)15-8-7-13(20)10-16(15)21/h4-11H,1-3H3,(H,22,25)(H,23,24). The van der Waals surface area contributed by atoms with Crippen molar-refractivity contribution in [2.75, 3.05) is 5.32 Å². The molecule has 2 N–H and O–H groups in total. The Hall–Kier alpha value is -2.40. The summed E-state index contributed by atoms with van der Waals surface area (Å²) in [5.74, 6) is -2.61. The van der Waals surface area contributed by atoms with E-state index in [1.54, 1.807) is 45.0 Å². The van der Waals surface area contributed by atoms with Crippen molar-refractivity contribution in [2.45, 2.75) is 32.1 Å². The quantitative estimate of drug-likeness (QED) is 0.816. The normalized spacial score (nSPS) is 12.5. The third-order valence-electron chi connectivity index (χ3n) is 4.19. The molecule has 0 fully saturated rings. The molecule has 2 aromatic rings. The van der Waals surface area contributed by atoms with E-state index in [2.05, 4.69) is 5.32 Å². The molecule has 25 heavy (non-hydrogen) atoms. The summed E-state index contributed by atoms with van der Waals surface area (Å²) in [4.78, 5) is 23.8. The van der Waals surface area contributed by atoms with E-state index in [1.165, 1.54) is 18.2 Å². The van der Waals surface area contributed by atoms with Crippen LogP contribution in [0.5, 0.6) is 0 Å². The summed E-state index contributed by atoms with van der Waals surface area (Å²) in [6.45, 7) is 4.78. The average molecular weight is 364 g/mol. The summed E-state index contributed by atoms with van der Waals surface area (Å²) in [6, 6.07) is 10.8. The molecule has 0 saturated heterocycles. The highest BCUT2D eigenvalue weighted by atomic mass is 35.5. The fraction of sp³-hybridized carbons (Fsp3) is 0.263. The summed E-state index contributed by atoms with van der Waals surface area (Å²) in [5.41, 5.74) is 0.117. The van der Waals surface area contributed by atoms with Gasteiger partial charge in [-0.05, 0) is 50.6 Å². The molecule has 0 aliphatic carbocycles. The molecule has 0 aromatic heterocycles. The molecule has 0 spiro atoms. The second-order valence-electron chi connectivity index (χ2n) is 6.39. The molecule has 0 saturated carbocycles. The second-order valence-corrected chi connectivity index (χ2v) is 6.83. The number of anilines is 1. The molecule has 6 heteroatoms. The van der Waals surface area contributed by atoms with Crippen molar-refractivity contribution in [1.82, 2.24) is 0 Å². The van der Waals surface area contributed by atoms with Gasteiger partial charge in [0, 0.05) is 16.3 Å². The highest BCUT2D eigenvalue weighted by Gasteiger charge is 2.32. The van der Waals surface area contributed by atoms with Gasteiger partial charge in [-0.25, -0.2) is 4.39 Å². The molecule has 2 aromatic carbocycles. The Morgan fingerprint density at radius 1 is 1.20 bits per heavy atom. The molecular formula is C19H19ClFNO3. The number of rotatable bonds is 5. The van der Waals surface area contributed by atoms with Crippen molar-refractivity contribution in [1.29, 1.82) is 0 Å². The Kier molecular flexibility index (Phi) is 5.48. The summed E-state index contributed by atoms with van der Waals surface area (Å²) in [6.07, 6.45) is 0. The molecule has 0 aliphatic heterocycles. The minimum absolute atomic E-state index is 0.226. The van der Waals surface area contributed by atoms with Crippen LogP contribution in [0, 0.1) is 5.82 Å². The van der Waals surface area contributed by atoms with E-state index in [0.717, 1.165) is 0 Å². The molecule has 4 nitrogen and oxygen atoms in total. The predicted molar refractivity (Wildman–Crippen MR) is 95.6 cm³/mol. The van der Waals surface area contributed by atoms with E-state index < -0.39 is 29.0 Å². The zero-order valence-electron chi connectivity index (χ0n) is 14.1. The Bertz CT molecular complexity index is 820. The maximum Gasteiger partial charge on any atom is 0.310 e. The van der Waals surface area contributed by atoms with Crippen molar-refractivity contribution in [2.24, 2.45) is 0 Å². The number of hydrogen-bond acceptors (Lipinski definition) is 2. The van der Waals surface area contributed by atoms with Gasteiger partial charge in [-0.15, -0.1) is 0 Å². The molecule has 1 unspecified atom stereocenters. The Balaban J connectivity index is 2.26. The number of carbonyl (C=O) groups is 2. The van der Waals surface area contributed by atoms with Crippen LogP contribution in [0.3, 0.4) is 0 Å². The summed E-state index contributed by atoms with van der Waals surface area (Å²) >= 11 is 5.76. The highest BCUT2D eigenvalue weighted by molar-refractivity contribution is 6.30. The topological polar surface area (TPSA) is 66.4 Å². The summed E-state index contributed by atoms with van der Waals surface area (Å²) < 4.78 is 14.2. The number of carboxylic acids is 1. The Labute approximate surface area is 150 Å².